The zero-order valence-corrected chi connectivity index (χ0v) is 15.1. The number of anilines is 1. The Balaban J connectivity index is 1.78. The van der Waals surface area contributed by atoms with E-state index < -0.39 is 9.84 Å². The van der Waals surface area contributed by atoms with Crippen molar-refractivity contribution in [3.05, 3.63) is 60.2 Å². The van der Waals surface area contributed by atoms with Crippen LogP contribution in [0.4, 0.5) is 5.69 Å². The third kappa shape index (κ3) is 4.64. The third-order valence-corrected chi connectivity index (χ3v) is 4.76. The lowest BCUT2D eigenvalue weighted by atomic mass is 10.2. The SMILES string of the molecule is CS(=O)(=O)CCN(C(=O)/C=C/c1ccc2c(c1)OCO2)c1ccccc1. The zero-order chi connectivity index (χ0) is 18.6. The van der Waals surface area contributed by atoms with E-state index >= 15 is 0 Å². The summed E-state index contributed by atoms with van der Waals surface area (Å²) in [5, 5.41) is 0. The number of rotatable bonds is 6. The Bertz CT molecular complexity index is 922. The summed E-state index contributed by atoms with van der Waals surface area (Å²) in [6, 6.07) is 14.4. The van der Waals surface area contributed by atoms with Gasteiger partial charge in [0.25, 0.3) is 5.91 Å². The molecule has 0 aromatic heterocycles. The maximum atomic E-state index is 12.7. The van der Waals surface area contributed by atoms with E-state index in [0.717, 1.165) is 11.8 Å². The number of benzene rings is 2. The van der Waals surface area contributed by atoms with Crippen molar-refractivity contribution in [3.63, 3.8) is 0 Å². The van der Waals surface area contributed by atoms with Crippen LogP contribution < -0.4 is 14.4 Å². The number of sulfone groups is 1. The largest absolute Gasteiger partial charge is 0.454 e. The van der Waals surface area contributed by atoms with Gasteiger partial charge in [0.1, 0.15) is 9.84 Å². The van der Waals surface area contributed by atoms with Gasteiger partial charge in [-0.05, 0) is 35.9 Å². The second-order valence-electron chi connectivity index (χ2n) is 5.90. The van der Waals surface area contributed by atoms with Gasteiger partial charge >= 0.3 is 0 Å². The number of carbonyl (C=O) groups is 1. The molecule has 0 fully saturated rings. The second kappa shape index (κ2) is 7.61. The standard InChI is InChI=1S/C19H19NO5S/c1-26(22,23)12-11-20(16-5-3-2-4-6-16)19(21)10-8-15-7-9-17-18(13-15)25-14-24-17/h2-10,13H,11-12,14H2,1H3/b10-8+. The van der Waals surface area contributed by atoms with E-state index in [-0.39, 0.29) is 25.0 Å². The van der Waals surface area contributed by atoms with Crippen LogP contribution in [0.3, 0.4) is 0 Å². The van der Waals surface area contributed by atoms with Gasteiger partial charge in [-0.15, -0.1) is 0 Å². The quantitative estimate of drug-likeness (QED) is 0.728. The molecular formula is C19H19NO5S. The number of nitrogens with zero attached hydrogens (tertiary/aromatic N) is 1. The van der Waals surface area contributed by atoms with Crippen molar-refractivity contribution in [1.29, 1.82) is 0 Å². The van der Waals surface area contributed by atoms with Gasteiger partial charge in [-0.25, -0.2) is 8.42 Å². The van der Waals surface area contributed by atoms with E-state index in [1.165, 1.54) is 11.0 Å². The van der Waals surface area contributed by atoms with Gasteiger partial charge in [-0.2, -0.15) is 0 Å². The summed E-state index contributed by atoms with van der Waals surface area (Å²) in [6.45, 7) is 0.280. The fraction of sp³-hybridized carbons (Fsp3) is 0.211. The minimum atomic E-state index is -3.18. The van der Waals surface area contributed by atoms with Gasteiger partial charge in [0.05, 0.1) is 5.75 Å². The highest BCUT2D eigenvalue weighted by Gasteiger charge is 2.16. The highest BCUT2D eigenvalue weighted by Crippen LogP contribution is 2.32. The van der Waals surface area contributed by atoms with Crippen LogP contribution >= 0.6 is 0 Å². The van der Waals surface area contributed by atoms with E-state index in [1.54, 1.807) is 42.5 Å². The molecule has 1 aliphatic rings. The lowest BCUT2D eigenvalue weighted by Gasteiger charge is -2.21. The second-order valence-corrected chi connectivity index (χ2v) is 8.16. The van der Waals surface area contributed by atoms with Gasteiger partial charge in [-0.1, -0.05) is 24.3 Å². The van der Waals surface area contributed by atoms with Crippen LogP contribution in [0.1, 0.15) is 5.56 Å². The van der Waals surface area contributed by atoms with Crippen molar-refractivity contribution in [1.82, 2.24) is 0 Å². The topological polar surface area (TPSA) is 72.9 Å². The van der Waals surface area contributed by atoms with E-state index in [1.807, 2.05) is 12.1 Å². The number of amides is 1. The molecule has 2 aromatic carbocycles. The van der Waals surface area contributed by atoms with Gasteiger partial charge in [-0.3, -0.25) is 4.79 Å². The molecule has 1 aliphatic heterocycles. The van der Waals surface area contributed by atoms with Gasteiger partial charge in [0.2, 0.25) is 6.79 Å². The van der Waals surface area contributed by atoms with Crippen LogP contribution in [0.25, 0.3) is 6.08 Å². The predicted octanol–water partition coefficient (Wildman–Crippen LogP) is 2.51. The lowest BCUT2D eigenvalue weighted by molar-refractivity contribution is -0.114. The van der Waals surface area contributed by atoms with Crippen LogP contribution in [-0.4, -0.2) is 39.7 Å². The Morgan fingerprint density at radius 3 is 2.58 bits per heavy atom. The van der Waals surface area contributed by atoms with Gasteiger partial charge in [0, 0.05) is 24.6 Å². The summed E-state index contributed by atoms with van der Waals surface area (Å²) in [7, 11) is -3.18. The molecule has 1 heterocycles. The normalized spacial score (nSPS) is 13.1. The summed E-state index contributed by atoms with van der Waals surface area (Å²) in [6.07, 6.45) is 4.25. The first-order valence-corrected chi connectivity index (χ1v) is 10.1. The van der Waals surface area contributed by atoms with Crippen molar-refractivity contribution in [2.24, 2.45) is 0 Å². The van der Waals surface area contributed by atoms with Crippen molar-refractivity contribution in [2.45, 2.75) is 0 Å². The first kappa shape index (κ1) is 18.0. The number of ether oxygens (including phenoxy) is 2. The average Bonchev–Trinajstić information content (AvgIpc) is 3.08. The molecule has 136 valence electrons. The number of fused-ring (bicyclic) bond motifs is 1. The predicted molar refractivity (Wildman–Crippen MR) is 100 cm³/mol. The summed E-state index contributed by atoms with van der Waals surface area (Å²) >= 11 is 0. The molecule has 26 heavy (non-hydrogen) atoms. The zero-order valence-electron chi connectivity index (χ0n) is 14.3. The smallest absolute Gasteiger partial charge is 0.251 e. The van der Waals surface area contributed by atoms with E-state index in [0.29, 0.717) is 17.2 Å². The highest BCUT2D eigenvalue weighted by atomic mass is 32.2. The molecule has 0 aliphatic carbocycles. The lowest BCUT2D eigenvalue weighted by Crippen LogP contribution is -2.33. The summed E-state index contributed by atoms with van der Waals surface area (Å²) in [5.74, 6) is 0.910. The monoisotopic (exact) mass is 373 g/mol. The Kier molecular flexibility index (Phi) is 5.27. The van der Waals surface area contributed by atoms with Crippen LogP contribution in [0.5, 0.6) is 11.5 Å². The van der Waals surface area contributed by atoms with E-state index in [9.17, 15) is 13.2 Å². The molecule has 6 nitrogen and oxygen atoms in total. The number of hydrogen-bond acceptors (Lipinski definition) is 5. The maximum Gasteiger partial charge on any atom is 0.251 e. The fourth-order valence-electron chi connectivity index (χ4n) is 2.51. The number of para-hydroxylation sites is 1. The first-order chi connectivity index (χ1) is 12.4. The molecule has 0 N–H and O–H groups in total. The van der Waals surface area contributed by atoms with Gasteiger partial charge < -0.3 is 14.4 Å². The molecule has 1 amide bonds. The highest BCUT2D eigenvalue weighted by molar-refractivity contribution is 7.90. The van der Waals surface area contributed by atoms with Crippen LogP contribution in [-0.2, 0) is 14.6 Å². The molecule has 2 aromatic rings. The van der Waals surface area contributed by atoms with Crippen LogP contribution in [0.15, 0.2) is 54.6 Å². The molecule has 0 atom stereocenters. The van der Waals surface area contributed by atoms with E-state index in [2.05, 4.69) is 0 Å². The first-order valence-electron chi connectivity index (χ1n) is 8.04. The summed E-state index contributed by atoms with van der Waals surface area (Å²) in [5.41, 5.74) is 1.44. The number of carbonyl (C=O) groups excluding carboxylic acids is 1. The van der Waals surface area contributed by atoms with Crippen molar-refractivity contribution < 1.29 is 22.7 Å². The minimum absolute atomic E-state index is 0.0904. The fourth-order valence-corrected chi connectivity index (χ4v) is 3.02. The van der Waals surface area contributed by atoms with Crippen molar-refractivity contribution in [2.75, 3.05) is 30.2 Å². The minimum Gasteiger partial charge on any atom is -0.454 e. The molecular weight excluding hydrogens is 354 g/mol. The van der Waals surface area contributed by atoms with Crippen molar-refractivity contribution in [3.8, 4) is 11.5 Å². The van der Waals surface area contributed by atoms with E-state index in [4.69, 9.17) is 9.47 Å². The molecule has 7 heteroatoms. The van der Waals surface area contributed by atoms with Crippen molar-refractivity contribution >= 4 is 27.5 Å². The third-order valence-electron chi connectivity index (χ3n) is 3.83. The molecule has 0 bridgehead atoms. The average molecular weight is 373 g/mol. The molecule has 0 radical (unpaired) electrons. The van der Waals surface area contributed by atoms with Crippen LogP contribution in [0, 0.1) is 0 Å². The Morgan fingerprint density at radius 2 is 1.85 bits per heavy atom. The summed E-state index contributed by atoms with van der Waals surface area (Å²) < 4.78 is 33.6. The van der Waals surface area contributed by atoms with Crippen LogP contribution in [0.2, 0.25) is 0 Å². The maximum absolute atomic E-state index is 12.7. The Morgan fingerprint density at radius 1 is 1.12 bits per heavy atom. The van der Waals surface area contributed by atoms with Gasteiger partial charge in [0.15, 0.2) is 11.5 Å². The molecule has 0 saturated heterocycles. The summed E-state index contributed by atoms with van der Waals surface area (Å²) in [4.78, 5) is 14.1. The molecule has 3 rings (SSSR count). The molecule has 0 saturated carbocycles. The molecule has 0 unspecified atom stereocenters. The molecule has 0 spiro atoms. The Hall–Kier alpha value is -2.80. The number of hydrogen-bond donors (Lipinski definition) is 0. The Labute approximate surface area is 152 Å².